The number of amides is 1. The number of rotatable bonds is 6. The maximum absolute atomic E-state index is 12.1. The maximum atomic E-state index is 12.1. The number of unbranched alkanes of at least 4 members (excludes halogenated alkanes) is 1. The van der Waals surface area contributed by atoms with E-state index in [0.717, 1.165) is 40.2 Å². The summed E-state index contributed by atoms with van der Waals surface area (Å²) in [6, 6.07) is 3.90. The number of fused-ring (bicyclic) bond motifs is 1. The second-order valence-electron chi connectivity index (χ2n) is 5.34. The van der Waals surface area contributed by atoms with E-state index in [2.05, 4.69) is 12.2 Å². The quantitative estimate of drug-likeness (QED) is 0.657. The molecule has 0 aliphatic carbocycles. The molecule has 2 rings (SSSR count). The van der Waals surface area contributed by atoms with E-state index in [9.17, 15) is 9.59 Å². The third-order valence-corrected chi connectivity index (χ3v) is 4.87. The molecule has 5 nitrogen and oxygen atoms in total. The van der Waals surface area contributed by atoms with Crippen molar-refractivity contribution in [2.75, 3.05) is 11.1 Å². The molecule has 0 spiro atoms. The van der Waals surface area contributed by atoms with Gasteiger partial charge in [-0.25, -0.2) is 4.79 Å². The van der Waals surface area contributed by atoms with Crippen LogP contribution in [0.2, 0.25) is 0 Å². The number of imidazole rings is 1. The number of aryl methyl sites for hydroxylation is 2. The Morgan fingerprint density at radius 1 is 1.18 bits per heavy atom. The van der Waals surface area contributed by atoms with Crippen LogP contribution in [0.25, 0.3) is 11.0 Å². The monoisotopic (exact) mass is 321 g/mol. The van der Waals surface area contributed by atoms with Crippen LogP contribution in [-0.4, -0.2) is 20.8 Å². The molecule has 0 saturated heterocycles. The van der Waals surface area contributed by atoms with E-state index in [1.165, 1.54) is 0 Å². The molecule has 0 unspecified atom stereocenters. The molecule has 2 aromatic rings. The number of aromatic nitrogens is 2. The van der Waals surface area contributed by atoms with Gasteiger partial charge in [-0.05, 0) is 24.3 Å². The topological polar surface area (TPSA) is 56.0 Å². The van der Waals surface area contributed by atoms with Gasteiger partial charge >= 0.3 is 5.69 Å². The Morgan fingerprint density at radius 3 is 2.41 bits per heavy atom. The fraction of sp³-hybridized carbons (Fsp3) is 0.500. The van der Waals surface area contributed by atoms with Crippen molar-refractivity contribution >= 4 is 34.4 Å². The Kier molecular flexibility index (Phi) is 5.34. The fourth-order valence-electron chi connectivity index (χ4n) is 2.31. The lowest BCUT2D eigenvalue weighted by molar-refractivity contribution is -0.115. The number of nitrogens with one attached hydrogen (secondary N) is 1. The van der Waals surface area contributed by atoms with Crippen molar-refractivity contribution in [2.24, 2.45) is 14.1 Å². The molecule has 0 atom stereocenters. The van der Waals surface area contributed by atoms with Crippen molar-refractivity contribution in [2.45, 2.75) is 38.0 Å². The average molecular weight is 321 g/mol. The number of nitrogens with zero attached hydrogens (tertiary/aromatic N) is 2. The summed E-state index contributed by atoms with van der Waals surface area (Å²) < 4.78 is 3.25. The number of hydrogen-bond donors (Lipinski definition) is 1. The summed E-state index contributed by atoms with van der Waals surface area (Å²) in [6.07, 6.45) is 2.69. The average Bonchev–Trinajstić information content (AvgIpc) is 2.72. The molecule has 0 saturated carbocycles. The van der Waals surface area contributed by atoms with Gasteiger partial charge in [-0.1, -0.05) is 20.3 Å². The van der Waals surface area contributed by atoms with Crippen molar-refractivity contribution in [1.29, 1.82) is 0 Å². The first-order chi connectivity index (χ1) is 10.5. The minimum atomic E-state index is -0.0570. The molecule has 22 heavy (non-hydrogen) atoms. The van der Waals surface area contributed by atoms with Crippen LogP contribution in [0.4, 0.5) is 5.69 Å². The number of carbonyl (C=O) groups excluding carboxylic acids is 1. The first-order valence-electron chi connectivity index (χ1n) is 7.61. The van der Waals surface area contributed by atoms with Gasteiger partial charge in [0.2, 0.25) is 5.91 Å². The first kappa shape index (κ1) is 16.7. The molecule has 1 aromatic heterocycles. The molecule has 120 valence electrons. The van der Waals surface area contributed by atoms with Crippen LogP contribution >= 0.6 is 11.8 Å². The van der Waals surface area contributed by atoms with Crippen LogP contribution in [0.5, 0.6) is 0 Å². The van der Waals surface area contributed by atoms with E-state index < -0.39 is 0 Å². The van der Waals surface area contributed by atoms with Gasteiger partial charge in [0.15, 0.2) is 0 Å². The number of anilines is 1. The molecule has 0 aliphatic rings. The van der Waals surface area contributed by atoms with Crippen LogP contribution in [0.1, 0.15) is 33.1 Å². The summed E-state index contributed by atoms with van der Waals surface area (Å²) in [5.41, 5.74) is 2.46. The Hall–Kier alpha value is -1.69. The SMILES string of the molecule is CCCCSc1cc2c(cc1NC(=O)CC)n(C)c(=O)n2C. The van der Waals surface area contributed by atoms with E-state index in [4.69, 9.17) is 0 Å². The molecule has 1 aromatic carbocycles. The van der Waals surface area contributed by atoms with Crippen molar-refractivity contribution < 1.29 is 4.79 Å². The summed E-state index contributed by atoms with van der Waals surface area (Å²) in [5.74, 6) is 0.982. The highest BCUT2D eigenvalue weighted by atomic mass is 32.2. The molecule has 1 heterocycles. The highest BCUT2D eigenvalue weighted by Crippen LogP contribution is 2.32. The standard InChI is InChI=1S/C16H23N3O2S/c1-5-7-8-22-14-10-13-12(18(3)16(21)19(13)4)9-11(14)17-15(20)6-2/h9-10H,5-8H2,1-4H3,(H,17,20). The molecule has 6 heteroatoms. The third-order valence-electron chi connectivity index (χ3n) is 3.72. The highest BCUT2D eigenvalue weighted by Gasteiger charge is 2.14. The van der Waals surface area contributed by atoms with Gasteiger partial charge in [0.05, 0.1) is 16.7 Å². The molecule has 1 amide bonds. The summed E-state index contributed by atoms with van der Waals surface area (Å²) in [4.78, 5) is 24.9. The van der Waals surface area contributed by atoms with Gasteiger partial charge < -0.3 is 5.32 Å². The van der Waals surface area contributed by atoms with Crippen LogP contribution in [0.3, 0.4) is 0 Å². The molecular weight excluding hydrogens is 298 g/mol. The lowest BCUT2D eigenvalue weighted by atomic mass is 10.2. The van der Waals surface area contributed by atoms with Crippen molar-refractivity contribution in [3.8, 4) is 0 Å². The number of carbonyl (C=O) groups is 1. The first-order valence-corrected chi connectivity index (χ1v) is 8.60. The van der Waals surface area contributed by atoms with Gasteiger partial charge in [0.1, 0.15) is 0 Å². The Morgan fingerprint density at radius 2 is 1.82 bits per heavy atom. The molecule has 0 fully saturated rings. The zero-order valence-electron chi connectivity index (χ0n) is 13.6. The lowest BCUT2D eigenvalue weighted by Crippen LogP contribution is -2.19. The number of hydrogen-bond acceptors (Lipinski definition) is 3. The second kappa shape index (κ2) is 7.05. The van der Waals surface area contributed by atoms with Crippen LogP contribution < -0.4 is 11.0 Å². The van der Waals surface area contributed by atoms with Crippen LogP contribution in [-0.2, 0) is 18.9 Å². The zero-order chi connectivity index (χ0) is 16.3. The van der Waals surface area contributed by atoms with Gasteiger partial charge in [-0.15, -0.1) is 11.8 Å². The smallest absolute Gasteiger partial charge is 0.325 e. The molecule has 0 aliphatic heterocycles. The Bertz CT molecular complexity index is 746. The van der Waals surface area contributed by atoms with E-state index in [1.54, 1.807) is 35.0 Å². The summed E-state index contributed by atoms with van der Waals surface area (Å²) in [6.45, 7) is 3.99. The predicted molar refractivity (Wildman–Crippen MR) is 92.7 cm³/mol. The molecule has 1 N–H and O–H groups in total. The predicted octanol–water partition coefficient (Wildman–Crippen LogP) is 3.12. The summed E-state index contributed by atoms with van der Waals surface area (Å²) >= 11 is 1.72. The Labute approximate surface area is 134 Å². The van der Waals surface area contributed by atoms with E-state index >= 15 is 0 Å². The third kappa shape index (κ3) is 3.21. The van der Waals surface area contributed by atoms with Crippen LogP contribution in [0, 0.1) is 0 Å². The van der Waals surface area contributed by atoms with Gasteiger partial charge in [0, 0.05) is 25.4 Å². The van der Waals surface area contributed by atoms with Gasteiger partial charge in [0.25, 0.3) is 0 Å². The van der Waals surface area contributed by atoms with E-state index in [-0.39, 0.29) is 11.6 Å². The van der Waals surface area contributed by atoms with E-state index in [0.29, 0.717) is 6.42 Å². The number of thioether (sulfide) groups is 1. The van der Waals surface area contributed by atoms with Crippen molar-refractivity contribution in [1.82, 2.24) is 9.13 Å². The lowest BCUT2D eigenvalue weighted by Gasteiger charge is -2.11. The maximum Gasteiger partial charge on any atom is 0.328 e. The molecular formula is C16H23N3O2S. The minimum absolute atomic E-state index is 0.0161. The summed E-state index contributed by atoms with van der Waals surface area (Å²) in [5, 5.41) is 2.95. The fourth-order valence-corrected chi connectivity index (χ4v) is 3.42. The van der Waals surface area contributed by atoms with Crippen molar-refractivity contribution in [3.05, 3.63) is 22.6 Å². The van der Waals surface area contributed by atoms with Gasteiger partial charge in [-0.2, -0.15) is 0 Å². The molecule has 0 bridgehead atoms. The van der Waals surface area contributed by atoms with Crippen LogP contribution in [0.15, 0.2) is 21.8 Å². The summed E-state index contributed by atoms with van der Waals surface area (Å²) in [7, 11) is 3.52. The second-order valence-corrected chi connectivity index (χ2v) is 6.48. The van der Waals surface area contributed by atoms with Gasteiger partial charge in [-0.3, -0.25) is 13.9 Å². The van der Waals surface area contributed by atoms with Crippen molar-refractivity contribution in [3.63, 3.8) is 0 Å². The zero-order valence-corrected chi connectivity index (χ0v) is 14.4. The molecule has 0 radical (unpaired) electrons. The largest absolute Gasteiger partial charge is 0.328 e. The van der Waals surface area contributed by atoms with E-state index in [1.807, 2.05) is 19.1 Å². The minimum Gasteiger partial charge on any atom is -0.325 e. The number of benzene rings is 1. The Balaban J connectivity index is 2.52. The normalized spacial score (nSPS) is 11.1. The highest BCUT2D eigenvalue weighted by molar-refractivity contribution is 7.99.